The number of carbonyl (C=O) groups is 1. The van der Waals surface area contributed by atoms with E-state index in [2.05, 4.69) is 6.92 Å². The Bertz CT molecular complexity index is 573. The molecule has 0 saturated carbocycles. The molecule has 0 aromatic heterocycles. The molecule has 0 aliphatic rings. The van der Waals surface area contributed by atoms with Gasteiger partial charge in [0.1, 0.15) is 0 Å². The highest BCUT2D eigenvalue weighted by molar-refractivity contribution is 7.90. The first-order chi connectivity index (χ1) is 8.77. The number of hydrogen-bond donors (Lipinski definition) is 1. The molecule has 1 aromatic rings. The molecule has 1 N–H and O–H groups in total. The van der Waals surface area contributed by atoms with Crippen molar-refractivity contribution in [2.75, 3.05) is 6.26 Å². The minimum Gasteiger partial charge on any atom is -0.478 e. The van der Waals surface area contributed by atoms with Crippen molar-refractivity contribution in [2.24, 2.45) is 0 Å². The van der Waals surface area contributed by atoms with Crippen LogP contribution in [0.2, 0.25) is 0 Å². The summed E-state index contributed by atoms with van der Waals surface area (Å²) in [6, 6.07) is 2.98. The van der Waals surface area contributed by atoms with Crippen LogP contribution in [-0.4, -0.2) is 25.7 Å². The summed E-state index contributed by atoms with van der Waals surface area (Å²) >= 11 is 0. The molecular weight excluding hydrogens is 264 g/mol. The zero-order valence-corrected chi connectivity index (χ0v) is 12.4. The third-order valence-electron chi connectivity index (χ3n) is 3.09. The molecule has 0 fully saturated rings. The lowest BCUT2D eigenvalue weighted by Crippen LogP contribution is -2.08. The number of unbranched alkanes of at least 4 members (excludes halogenated alkanes) is 2. The largest absolute Gasteiger partial charge is 0.478 e. The lowest BCUT2D eigenvalue weighted by atomic mass is 10.0. The number of hydrogen-bond acceptors (Lipinski definition) is 3. The predicted molar refractivity (Wildman–Crippen MR) is 74.5 cm³/mol. The van der Waals surface area contributed by atoms with Crippen molar-refractivity contribution in [3.05, 3.63) is 28.8 Å². The Hall–Kier alpha value is -1.36. The molecule has 4 nitrogen and oxygen atoms in total. The van der Waals surface area contributed by atoms with E-state index in [0.717, 1.165) is 31.1 Å². The van der Waals surface area contributed by atoms with Crippen molar-refractivity contribution < 1.29 is 18.3 Å². The quantitative estimate of drug-likeness (QED) is 0.815. The van der Waals surface area contributed by atoms with Crippen LogP contribution in [-0.2, 0) is 16.3 Å². The second-order valence-corrected chi connectivity index (χ2v) is 6.79. The lowest BCUT2D eigenvalue weighted by molar-refractivity contribution is 0.0696. The van der Waals surface area contributed by atoms with Crippen molar-refractivity contribution >= 4 is 15.8 Å². The second kappa shape index (κ2) is 6.19. The molecule has 0 unspecified atom stereocenters. The fourth-order valence-electron chi connectivity index (χ4n) is 2.08. The van der Waals surface area contributed by atoms with Gasteiger partial charge in [0, 0.05) is 6.26 Å². The van der Waals surface area contributed by atoms with Gasteiger partial charge < -0.3 is 5.11 Å². The van der Waals surface area contributed by atoms with Gasteiger partial charge in [-0.05, 0) is 37.0 Å². The molecule has 19 heavy (non-hydrogen) atoms. The van der Waals surface area contributed by atoms with Crippen molar-refractivity contribution in [3.63, 3.8) is 0 Å². The van der Waals surface area contributed by atoms with Gasteiger partial charge in [0.2, 0.25) is 0 Å². The van der Waals surface area contributed by atoms with E-state index in [1.165, 1.54) is 6.07 Å². The summed E-state index contributed by atoms with van der Waals surface area (Å²) in [6.07, 6.45) is 4.78. The SMILES string of the molecule is CCCCCc1cc(C)c(C(=O)O)cc1S(C)(=O)=O. The number of aryl methyl sites for hydroxylation is 2. The molecule has 0 bridgehead atoms. The van der Waals surface area contributed by atoms with Gasteiger partial charge in [0.05, 0.1) is 10.5 Å². The summed E-state index contributed by atoms with van der Waals surface area (Å²) in [5.74, 6) is -1.09. The van der Waals surface area contributed by atoms with E-state index in [1.807, 2.05) is 0 Å². The molecular formula is C14H20O4S. The maximum atomic E-state index is 11.8. The molecule has 0 atom stereocenters. The van der Waals surface area contributed by atoms with Crippen LogP contribution < -0.4 is 0 Å². The van der Waals surface area contributed by atoms with Crippen LogP contribution in [0.15, 0.2) is 17.0 Å². The molecule has 5 heteroatoms. The van der Waals surface area contributed by atoms with E-state index in [9.17, 15) is 13.2 Å². The molecule has 1 aromatic carbocycles. The van der Waals surface area contributed by atoms with Crippen LogP contribution in [0.3, 0.4) is 0 Å². The maximum Gasteiger partial charge on any atom is 0.335 e. The van der Waals surface area contributed by atoms with Crippen molar-refractivity contribution in [1.82, 2.24) is 0 Å². The zero-order chi connectivity index (χ0) is 14.6. The molecule has 0 heterocycles. The maximum absolute atomic E-state index is 11.8. The van der Waals surface area contributed by atoms with Gasteiger partial charge in [-0.25, -0.2) is 13.2 Å². The molecule has 0 spiro atoms. The molecule has 106 valence electrons. The zero-order valence-electron chi connectivity index (χ0n) is 11.6. The Morgan fingerprint density at radius 1 is 1.26 bits per heavy atom. The fraction of sp³-hybridized carbons (Fsp3) is 0.500. The Balaban J connectivity index is 3.29. The summed E-state index contributed by atoms with van der Waals surface area (Å²) in [4.78, 5) is 11.2. The lowest BCUT2D eigenvalue weighted by Gasteiger charge is -2.11. The monoisotopic (exact) mass is 284 g/mol. The first kappa shape index (κ1) is 15.7. The van der Waals surface area contributed by atoms with Crippen LogP contribution in [0.1, 0.15) is 47.7 Å². The van der Waals surface area contributed by atoms with Gasteiger partial charge in [0.15, 0.2) is 9.84 Å². The number of sulfone groups is 1. The van der Waals surface area contributed by atoms with E-state index < -0.39 is 15.8 Å². The third kappa shape index (κ3) is 4.06. The van der Waals surface area contributed by atoms with Crippen LogP contribution in [0.25, 0.3) is 0 Å². The Labute approximate surface area is 114 Å². The van der Waals surface area contributed by atoms with E-state index in [0.29, 0.717) is 12.0 Å². The molecule has 1 rings (SSSR count). The standard InChI is InChI=1S/C14H20O4S/c1-4-5-6-7-11-8-10(2)12(14(15)16)9-13(11)19(3,17)18/h8-9H,4-7H2,1-3H3,(H,15,16). The number of benzene rings is 1. The first-order valence-corrected chi connectivity index (χ1v) is 8.23. The highest BCUT2D eigenvalue weighted by Crippen LogP contribution is 2.23. The summed E-state index contributed by atoms with van der Waals surface area (Å²) < 4.78 is 23.6. The minimum atomic E-state index is -3.41. The summed E-state index contributed by atoms with van der Waals surface area (Å²) in [6.45, 7) is 3.77. The number of carboxylic acid groups (broad SMARTS) is 1. The Kier molecular flexibility index (Phi) is 5.11. The number of carboxylic acids is 1. The van der Waals surface area contributed by atoms with Gasteiger partial charge in [-0.3, -0.25) is 0 Å². The summed E-state index contributed by atoms with van der Waals surface area (Å²) in [5, 5.41) is 9.07. The average molecular weight is 284 g/mol. The highest BCUT2D eigenvalue weighted by Gasteiger charge is 2.18. The topological polar surface area (TPSA) is 71.4 Å². The second-order valence-electron chi connectivity index (χ2n) is 4.81. The van der Waals surface area contributed by atoms with E-state index in [4.69, 9.17) is 5.11 Å². The first-order valence-electron chi connectivity index (χ1n) is 6.34. The van der Waals surface area contributed by atoms with Crippen molar-refractivity contribution in [1.29, 1.82) is 0 Å². The van der Waals surface area contributed by atoms with Gasteiger partial charge in [0.25, 0.3) is 0 Å². The number of aromatic carboxylic acids is 1. The average Bonchev–Trinajstić information content (AvgIpc) is 2.27. The van der Waals surface area contributed by atoms with E-state index in [1.54, 1.807) is 13.0 Å². The molecule has 0 amide bonds. The smallest absolute Gasteiger partial charge is 0.335 e. The Morgan fingerprint density at radius 3 is 2.37 bits per heavy atom. The van der Waals surface area contributed by atoms with Crippen LogP contribution in [0.5, 0.6) is 0 Å². The van der Waals surface area contributed by atoms with Gasteiger partial charge in [-0.2, -0.15) is 0 Å². The number of rotatable bonds is 6. The van der Waals surface area contributed by atoms with Gasteiger partial charge >= 0.3 is 5.97 Å². The van der Waals surface area contributed by atoms with Gasteiger partial charge in [-0.1, -0.05) is 25.8 Å². The van der Waals surface area contributed by atoms with Crippen molar-refractivity contribution in [3.8, 4) is 0 Å². The highest BCUT2D eigenvalue weighted by atomic mass is 32.2. The predicted octanol–water partition coefficient (Wildman–Crippen LogP) is 2.83. The van der Waals surface area contributed by atoms with Crippen LogP contribution in [0, 0.1) is 6.92 Å². The minimum absolute atomic E-state index is 0.0552. The van der Waals surface area contributed by atoms with Crippen LogP contribution >= 0.6 is 0 Å². The molecule has 0 saturated heterocycles. The summed E-state index contributed by atoms with van der Waals surface area (Å²) in [5.41, 5.74) is 1.38. The molecule has 0 aliphatic carbocycles. The third-order valence-corrected chi connectivity index (χ3v) is 4.27. The van der Waals surface area contributed by atoms with Crippen molar-refractivity contribution in [2.45, 2.75) is 44.4 Å². The van der Waals surface area contributed by atoms with Crippen LogP contribution in [0.4, 0.5) is 0 Å². The Morgan fingerprint density at radius 2 is 1.89 bits per heavy atom. The van der Waals surface area contributed by atoms with E-state index in [-0.39, 0.29) is 10.5 Å². The molecule has 0 radical (unpaired) electrons. The van der Waals surface area contributed by atoms with Gasteiger partial charge in [-0.15, -0.1) is 0 Å². The fourth-order valence-corrected chi connectivity index (χ4v) is 3.05. The normalized spacial score (nSPS) is 11.5. The molecule has 0 aliphatic heterocycles. The van der Waals surface area contributed by atoms with E-state index >= 15 is 0 Å². The summed E-state index contributed by atoms with van der Waals surface area (Å²) in [7, 11) is -3.41.